The molecule has 2 atom stereocenters. The molecule has 0 radical (unpaired) electrons. The van der Waals surface area contributed by atoms with E-state index in [-0.39, 0.29) is 23.3 Å². The summed E-state index contributed by atoms with van der Waals surface area (Å²) in [7, 11) is 1.52. The molecule has 33 heavy (non-hydrogen) atoms. The Morgan fingerprint density at radius 3 is 2.58 bits per heavy atom. The number of hydrogen-bond acceptors (Lipinski definition) is 7. The van der Waals surface area contributed by atoms with Gasteiger partial charge in [-0.2, -0.15) is 27.1 Å². The minimum Gasteiger partial charge on any atom is -0.483 e. The maximum absolute atomic E-state index is 16.0. The number of ether oxygens (including phenoxy) is 1. The number of nitrogens with zero attached hydrogens (tertiary/aromatic N) is 4. The average molecular weight is 476 g/mol. The van der Waals surface area contributed by atoms with Gasteiger partial charge in [0.15, 0.2) is 6.61 Å². The van der Waals surface area contributed by atoms with Gasteiger partial charge < -0.3 is 10.5 Å². The Labute approximate surface area is 185 Å². The molecule has 0 fully saturated rings. The number of halogens is 6. The molecule has 1 aliphatic heterocycles. The van der Waals surface area contributed by atoms with Crippen LogP contribution in [0.3, 0.4) is 0 Å². The molecular weight excluding hydrogens is 454 g/mol. The summed E-state index contributed by atoms with van der Waals surface area (Å²) in [6, 6.07) is 1.79. The minimum absolute atomic E-state index is 0.0516. The third-order valence-electron chi connectivity index (χ3n) is 5.13. The molecule has 0 aromatic carbocycles. The Kier molecular flexibility index (Phi) is 6.75. The predicted molar refractivity (Wildman–Crippen MR) is 109 cm³/mol. The van der Waals surface area contributed by atoms with Gasteiger partial charge in [-0.3, -0.25) is 9.99 Å². The second-order valence-corrected chi connectivity index (χ2v) is 7.49. The Bertz CT molecular complexity index is 961. The molecule has 180 valence electrons. The number of hydrogen-bond donors (Lipinski definition) is 2. The van der Waals surface area contributed by atoms with E-state index in [9.17, 15) is 17.6 Å². The van der Waals surface area contributed by atoms with E-state index >= 15 is 8.78 Å². The monoisotopic (exact) mass is 476 g/mol. The van der Waals surface area contributed by atoms with Crippen LogP contribution in [0, 0.1) is 0 Å². The number of allylic oxidation sites excluding steroid dienone is 3. The predicted octanol–water partition coefficient (Wildman–Crippen LogP) is 3.20. The first-order valence-electron chi connectivity index (χ1n) is 9.68. The Balaban J connectivity index is 1.99. The number of hydrazine groups is 2. The fourth-order valence-electron chi connectivity index (χ4n) is 3.43. The fourth-order valence-corrected chi connectivity index (χ4v) is 3.43. The van der Waals surface area contributed by atoms with Crippen LogP contribution in [0.5, 0.6) is 5.75 Å². The van der Waals surface area contributed by atoms with Crippen molar-refractivity contribution in [2.45, 2.75) is 30.2 Å². The zero-order valence-electron chi connectivity index (χ0n) is 17.5. The molecule has 2 aliphatic rings. The first-order chi connectivity index (χ1) is 15.4. The van der Waals surface area contributed by atoms with Crippen LogP contribution >= 0.6 is 0 Å². The molecule has 1 aromatic rings. The number of aromatic nitrogens is 1. The summed E-state index contributed by atoms with van der Waals surface area (Å²) in [5, 5.41) is 6.38. The zero-order chi connectivity index (χ0) is 24.4. The Morgan fingerprint density at radius 1 is 1.30 bits per heavy atom. The summed E-state index contributed by atoms with van der Waals surface area (Å²) in [5.74, 6) is -4.20. The Hall–Kier alpha value is -3.06. The first kappa shape index (κ1) is 24.6. The van der Waals surface area contributed by atoms with E-state index in [1.54, 1.807) is 0 Å². The molecule has 0 saturated carbocycles. The van der Waals surface area contributed by atoms with Gasteiger partial charge in [0.1, 0.15) is 29.5 Å². The van der Waals surface area contributed by atoms with Gasteiger partial charge in [0.25, 0.3) is 0 Å². The molecule has 2 heterocycles. The van der Waals surface area contributed by atoms with E-state index in [1.165, 1.54) is 35.7 Å². The van der Waals surface area contributed by atoms with Gasteiger partial charge in [-0.25, -0.2) is 9.93 Å². The van der Waals surface area contributed by atoms with Crippen molar-refractivity contribution in [2.75, 3.05) is 20.2 Å². The maximum atomic E-state index is 16.0. The fraction of sp³-hybridized carbons (Fsp3) is 0.400. The Morgan fingerprint density at radius 2 is 2.03 bits per heavy atom. The quantitative estimate of drug-likeness (QED) is 0.562. The topological polar surface area (TPSA) is 79.0 Å². The van der Waals surface area contributed by atoms with E-state index in [4.69, 9.17) is 5.73 Å². The number of nitrogens with two attached hydrogens (primary N) is 1. The SMILES string of the molecule is C=CC1=CC(F)CC=C1C(N)(CN1C=NNN1C)C(F)(F)c1ccc(OCC(F)(F)F)cn1. The zero-order valence-corrected chi connectivity index (χ0v) is 17.5. The van der Waals surface area contributed by atoms with Crippen LogP contribution in [0.2, 0.25) is 0 Å². The van der Waals surface area contributed by atoms with Crippen LogP contribution in [0.1, 0.15) is 12.1 Å². The summed E-state index contributed by atoms with van der Waals surface area (Å²) < 4.78 is 87.4. The summed E-state index contributed by atoms with van der Waals surface area (Å²) in [6.07, 6.45) is -0.464. The summed E-state index contributed by atoms with van der Waals surface area (Å²) in [4.78, 5) is 3.62. The molecule has 3 rings (SSSR count). The lowest BCUT2D eigenvalue weighted by molar-refractivity contribution is -0.153. The number of pyridine rings is 1. The molecule has 0 bridgehead atoms. The molecule has 2 unspecified atom stereocenters. The smallest absolute Gasteiger partial charge is 0.422 e. The van der Waals surface area contributed by atoms with Crippen LogP contribution < -0.4 is 16.0 Å². The third-order valence-corrected chi connectivity index (χ3v) is 5.13. The van der Waals surface area contributed by atoms with E-state index in [0.29, 0.717) is 0 Å². The van der Waals surface area contributed by atoms with Gasteiger partial charge in [-0.1, -0.05) is 18.7 Å². The highest BCUT2D eigenvalue weighted by Gasteiger charge is 2.57. The van der Waals surface area contributed by atoms with Gasteiger partial charge in [0.05, 0.1) is 12.7 Å². The lowest BCUT2D eigenvalue weighted by atomic mass is 9.76. The van der Waals surface area contributed by atoms with Crippen LogP contribution in [0.15, 0.2) is 59.4 Å². The summed E-state index contributed by atoms with van der Waals surface area (Å²) in [6.45, 7) is 1.47. The van der Waals surface area contributed by atoms with Crippen molar-refractivity contribution >= 4 is 6.34 Å². The minimum atomic E-state index is -4.60. The van der Waals surface area contributed by atoms with Gasteiger partial charge >= 0.3 is 12.1 Å². The van der Waals surface area contributed by atoms with Crippen LogP contribution in [-0.4, -0.2) is 59.5 Å². The normalized spacial score (nSPS) is 21.2. The van der Waals surface area contributed by atoms with Gasteiger partial charge in [-0.15, -0.1) is 5.12 Å². The second-order valence-electron chi connectivity index (χ2n) is 7.49. The maximum Gasteiger partial charge on any atom is 0.422 e. The van der Waals surface area contributed by atoms with E-state index in [0.717, 1.165) is 24.4 Å². The van der Waals surface area contributed by atoms with Gasteiger partial charge in [0.2, 0.25) is 0 Å². The summed E-state index contributed by atoms with van der Waals surface area (Å²) >= 11 is 0. The number of rotatable bonds is 8. The molecule has 3 N–H and O–H groups in total. The van der Waals surface area contributed by atoms with Crippen molar-refractivity contribution in [1.82, 2.24) is 20.6 Å². The molecule has 0 spiro atoms. The van der Waals surface area contributed by atoms with Crippen LogP contribution in [0.4, 0.5) is 26.3 Å². The van der Waals surface area contributed by atoms with E-state index in [2.05, 4.69) is 26.9 Å². The standard InChI is InChI=1S/C20H22F6N6O/c1-3-13-8-14(21)4-6-16(13)18(27,10-32-12-29-30-31(32)2)20(25,26)17-7-5-15(9-28-17)33-11-19(22,23)24/h3,5-9,12,14,30H,1,4,10-11,27H2,2H3. The molecule has 1 aromatic heterocycles. The lowest BCUT2D eigenvalue weighted by Crippen LogP contribution is -2.63. The molecular formula is C20H22F6N6O. The molecule has 0 amide bonds. The van der Waals surface area contributed by atoms with Crippen molar-refractivity contribution in [2.24, 2.45) is 10.8 Å². The molecule has 13 heteroatoms. The van der Waals surface area contributed by atoms with Gasteiger partial charge in [-0.05, 0) is 29.4 Å². The average Bonchev–Trinajstić information content (AvgIpc) is 3.15. The van der Waals surface area contributed by atoms with Crippen LogP contribution in [0.25, 0.3) is 0 Å². The molecule has 7 nitrogen and oxygen atoms in total. The third kappa shape index (κ3) is 5.14. The largest absolute Gasteiger partial charge is 0.483 e. The van der Waals surface area contributed by atoms with Crippen LogP contribution in [-0.2, 0) is 5.92 Å². The van der Waals surface area contributed by atoms with Crippen molar-refractivity contribution < 1.29 is 31.1 Å². The van der Waals surface area contributed by atoms with Gasteiger partial charge in [0, 0.05) is 13.5 Å². The highest BCUT2D eigenvalue weighted by Crippen LogP contribution is 2.45. The lowest BCUT2D eigenvalue weighted by Gasteiger charge is -2.43. The van der Waals surface area contributed by atoms with Crippen molar-refractivity contribution in [3.8, 4) is 5.75 Å². The van der Waals surface area contributed by atoms with E-state index < -0.39 is 42.7 Å². The summed E-state index contributed by atoms with van der Waals surface area (Å²) in [5.41, 5.74) is 5.72. The number of hydrazone groups is 1. The first-order valence-corrected chi connectivity index (χ1v) is 9.68. The second kappa shape index (κ2) is 9.06. The number of nitrogens with one attached hydrogen (secondary N) is 1. The highest BCUT2D eigenvalue weighted by molar-refractivity contribution is 5.57. The highest BCUT2D eigenvalue weighted by atomic mass is 19.4. The van der Waals surface area contributed by atoms with Crippen molar-refractivity contribution in [3.05, 3.63) is 60.0 Å². The van der Waals surface area contributed by atoms with E-state index in [1.807, 2.05) is 0 Å². The van der Waals surface area contributed by atoms with Crippen molar-refractivity contribution in [3.63, 3.8) is 0 Å². The van der Waals surface area contributed by atoms with Crippen molar-refractivity contribution in [1.29, 1.82) is 0 Å². The molecule has 1 aliphatic carbocycles. The molecule has 0 saturated heterocycles. The number of alkyl halides is 6.